The fraction of sp³-hybridized carbons (Fsp3) is 0.462. The predicted octanol–water partition coefficient (Wildman–Crippen LogP) is 1.73. The number of hydrogen-bond donors (Lipinski definition) is 1. The van der Waals surface area contributed by atoms with Crippen LogP contribution in [0.4, 0.5) is 0 Å². The van der Waals surface area contributed by atoms with Crippen molar-refractivity contribution in [2.75, 3.05) is 7.11 Å². The van der Waals surface area contributed by atoms with E-state index in [4.69, 9.17) is 10.5 Å². The normalized spacial score (nSPS) is 23.4. The largest absolute Gasteiger partial charge is 0.490 e. The third-order valence-corrected chi connectivity index (χ3v) is 2.98. The van der Waals surface area contributed by atoms with Crippen LogP contribution in [0.2, 0.25) is 0 Å². The van der Waals surface area contributed by atoms with Crippen molar-refractivity contribution in [3.05, 3.63) is 29.8 Å². The zero-order chi connectivity index (χ0) is 12.3. The number of hydrogen-bond acceptors (Lipinski definition) is 4. The summed E-state index contributed by atoms with van der Waals surface area (Å²) in [5.74, 6) is 0.352. The molecule has 0 heterocycles. The lowest BCUT2D eigenvalue weighted by atomic mass is 10.2. The molecule has 92 valence electrons. The highest BCUT2D eigenvalue weighted by Crippen LogP contribution is 2.24. The Kier molecular flexibility index (Phi) is 3.64. The van der Waals surface area contributed by atoms with E-state index in [-0.39, 0.29) is 18.1 Å². The second-order valence-corrected chi connectivity index (χ2v) is 4.33. The van der Waals surface area contributed by atoms with Crippen molar-refractivity contribution < 1.29 is 14.3 Å². The highest BCUT2D eigenvalue weighted by Gasteiger charge is 2.23. The minimum atomic E-state index is -0.349. The Morgan fingerprint density at radius 1 is 1.41 bits per heavy atom. The minimum absolute atomic E-state index is 0.165. The molecular formula is C13H17NO3. The average Bonchev–Trinajstić information content (AvgIpc) is 2.74. The molecule has 4 heteroatoms. The molecule has 0 saturated heterocycles. The van der Waals surface area contributed by atoms with Crippen molar-refractivity contribution in [2.24, 2.45) is 5.73 Å². The van der Waals surface area contributed by atoms with Gasteiger partial charge in [0.15, 0.2) is 0 Å². The van der Waals surface area contributed by atoms with Crippen LogP contribution < -0.4 is 10.5 Å². The van der Waals surface area contributed by atoms with Crippen LogP contribution in [0, 0.1) is 0 Å². The lowest BCUT2D eigenvalue weighted by Crippen LogP contribution is -2.19. The summed E-state index contributed by atoms with van der Waals surface area (Å²) in [5, 5.41) is 0. The zero-order valence-corrected chi connectivity index (χ0v) is 9.89. The molecule has 2 unspecified atom stereocenters. The molecule has 0 amide bonds. The van der Waals surface area contributed by atoms with Crippen LogP contribution in [0.15, 0.2) is 24.3 Å². The summed E-state index contributed by atoms with van der Waals surface area (Å²) in [7, 11) is 1.37. The van der Waals surface area contributed by atoms with Gasteiger partial charge >= 0.3 is 5.97 Å². The van der Waals surface area contributed by atoms with Crippen molar-refractivity contribution in [3.8, 4) is 5.75 Å². The molecule has 1 aromatic rings. The Morgan fingerprint density at radius 2 is 2.24 bits per heavy atom. The third kappa shape index (κ3) is 2.97. The van der Waals surface area contributed by atoms with E-state index in [2.05, 4.69) is 4.74 Å². The summed E-state index contributed by atoms with van der Waals surface area (Å²) < 4.78 is 10.5. The van der Waals surface area contributed by atoms with Gasteiger partial charge in [-0.05, 0) is 37.5 Å². The summed E-state index contributed by atoms with van der Waals surface area (Å²) >= 11 is 0. The fourth-order valence-electron chi connectivity index (χ4n) is 2.09. The maximum Gasteiger partial charge on any atom is 0.337 e. The number of rotatable bonds is 3. The first-order valence-electron chi connectivity index (χ1n) is 5.79. The van der Waals surface area contributed by atoms with Gasteiger partial charge in [-0.25, -0.2) is 4.79 Å². The average molecular weight is 235 g/mol. The summed E-state index contributed by atoms with van der Waals surface area (Å²) in [6.45, 7) is 0. The molecular weight excluding hydrogens is 218 g/mol. The van der Waals surface area contributed by atoms with Gasteiger partial charge in [0.2, 0.25) is 0 Å². The van der Waals surface area contributed by atoms with Crippen molar-refractivity contribution in [3.63, 3.8) is 0 Å². The topological polar surface area (TPSA) is 61.5 Å². The van der Waals surface area contributed by atoms with Crippen molar-refractivity contribution in [1.82, 2.24) is 0 Å². The van der Waals surface area contributed by atoms with E-state index in [1.165, 1.54) is 7.11 Å². The van der Waals surface area contributed by atoms with Crippen LogP contribution >= 0.6 is 0 Å². The number of carbonyl (C=O) groups is 1. The molecule has 0 aromatic heterocycles. The van der Waals surface area contributed by atoms with Gasteiger partial charge in [-0.1, -0.05) is 6.07 Å². The van der Waals surface area contributed by atoms with E-state index in [9.17, 15) is 4.79 Å². The van der Waals surface area contributed by atoms with Gasteiger partial charge in [0.1, 0.15) is 11.9 Å². The molecule has 0 aliphatic heterocycles. The van der Waals surface area contributed by atoms with E-state index >= 15 is 0 Å². The van der Waals surface area contributed by atoms with Crippen molar-refractivity contribution in [1.29, 1.82) is 0 Å². The molecule has 0 radical (unpaired) electrons. The Labute approximate surface area is 101 Å². The van der Waals surface area contributed by atoms with Crippen LogP contribution in [0.25, 0.3) is 0 Å². The molecule has 1 aromatic carbocycles. The first-order valence-corrected chi connectivity index (χ1v) is 5.79. The van der Waals surface area contributed by atoms with Gasteiger partial charge in [0.05, 0.1) is 12.7 Å². The second kappa shape index (κ2) is 5.19. The third-order valence-electron chi connectivity index (χ3n) is 2.98. The van der Waals surface area contributed by atoms with E-state index in [0.29, 0.717) is 11.3 Å². The number of esters is 1. The number of carbonyl (C=O) groups excluding carboxylic acids is 1. The van der Waals surface area contributed by atoms with Gasteiger partial charge in [-0.2, -0.15) is 0 Å². The fourth-order valence-corrected chi connectivity index (χ4v) is 2.09. The van der Waals surface area contributed by atoms with Crippen LogP contribution in [0.1, 0.15) is 29.6 Å². The molecule has 1 aliphatic rings. The first kappa shape index (κ1) is 11.9. The highest BCUT2D eigenvalue weighted by atomic mass is 16.5. The van der Waals surface area contributed by atoms with E-state index < -0.39 is 0 Å². The summed E-state index contributed by atoms with van der Waals surface area (Å²) in [6, 6.07) is 7.28. The molecule has 2 rings (SSSR count). The molecule has 4 nitrogen and oxygen atoms in total. The molecule has 1 aliphatic carbocycles. The maximum atomic E-state index is 11.4. The van der Waals surface area contributed by atoms with Crippen LogP contribution in [-0.4, -0.2) is 25.2 Å². The number of ether oxygens (including phenoxy) is 2. The second-order valence-electron chi connectivity index (χ2n) is 4.33. The van der Waals surface area contributed by atoms with Crippen molar-refractivity contribution in [2.45, 2.75) is 31.4 Å². The smallest absolute Gasteiger partial charge is 0.337 e. The molecule has 1 fully saturated rings. The maximum absolute atomic E-state index is 11.4. The van der Waals surface area contributed by atoms with Gasteiger partial charge in [0.25, 0.3) is 0 Å². The van der Waals surface area contributed by atoms with Gasteiger partial charge < -0.3 is 15.2 Å². The number of benzene rings is 1. The molecule has 0 spiro atoms. The van der Waals surface area contributed by atoms with Crippen molar-refractivity contribution >= 4 is 5.97 Å². The van der Waals surface area contributed by atoms with Gasteiger partial charge in [0, 0.05) is 6.04 Å². The zero-order valence-electron chi connectivity index (χ0n) is 9.89. The highest BCUT2D eigenvalue weighted by molar-refractivity contribution is 5.89. The molecule has 2 atom stereocenters. The van der Waals surface area contributed by atoms with E-state index in [1.54, 1.807) is 18.2 Å². The molecule has 1 saturated carbocycles. The summed E-state index contributed by atoms with van der Waals surface area (Å²) in [6.07, 6.45) is 3.02. The Bertz CT molecular complexity index is 405. The quantitative estimate of drug-likeness (QED) is 0.810. The number of methoxy groups -OCH3 is 1. The summed E-state index contributed by atoms with van der Waals surface area (Å²) in [4.78, 5) is 11.4. The van der Waals surface area contributed by atoms with Crippen LogP contribution in [0.5, 0.6) is 5.75 Å². The van der Waals surface area contributed by atoms with Crippen LogP contribution in [-0.2, 0) is 4.74 Å². The minimum Gasteiger partial charge on any atom is -0.490 e. The molecule has 2 N–H and O–H groups in total. The lowest BCUT2D eigenvalue weighted by Gasteiger charge is -2.13. The Balaban J connectivity index is 2.03. The summed E-state index contributed by atoms with van der Waals surface area (Å²) in [5.41, 5.74) is 6.33. The molecule has 17 heavy (non-hydrogen) atoms. The number of nitrogens with two attached hydrogens (primary N) is 1. The molecule has 0 bridgehead atoms. The van der Waals surface area contributed by atoms with E-state index in [0.717, 1.165) is 19.3 Å². The predicted molar refractivity (Wildman–Crippen MR) is 64.0 cm³/mol. The van der Waals surface area contributed by atoms with Crippen LogP contribution in [0.3, 0.4) is 0 Å². The monoisotopic (exact) mass is 235 g/mol. The lowest BCUT2D eigenvalue weighted by molar-refractivity contribution is 0.0600. The van der Waals surface area contributed by atoms with Gasteiger partial charge in [-0.3, -0.25) is 0 Å². The van der Waals surface area contributed by atoms with Gasteiger partial charge in [-0.15, -0.1) is 0 Å². The SMILES string of the molecule is COC(=O)c1cccc(OC2CCC(N)C2)c1. The van der Waals surface area contributed by atoms with E-state index in [1.807, 2.05) is 6.07 Å². The standard InChI is InChI=1S/C13H17NO3/c1-16-13(15)9-3-2-4-11(7-9)17-12-6-5-10(14)8-12/h2-4,7,10,12H,5-6,8,14H2,1H3. The Hall–Kier alpha value is -1.55. The first-order chi connectivity index (χ1) is 8.19. The Morgan fingerprint density at radius 3 is 2.88 bits per heavy atom.